The molecule has 3 N–H and O–H groups in total. The molecule has 7 heteroatoms. The number of nitrogens with one attached hydrogen (secondary N) is 2. The first-order chi connectivity index (χ1) is 9.35. The monoisotopic (exact) mass is 282 g/mol. The van der Waals surface area contributed by atoms with Crippen molar-refractivity contribution in [1.82, 2.24) is 15.1 Å². The number of nitrogens with zero attached hydrogens (tertiary/aromatic N) is 2. The van der Waals surface area contributed by atoms with Gasteiger partial charge in [-0.1, -0.05) is 6.92 Å². The Labute approximate surface area is 118 Å². The van der Waals surface area contributed by atoms with Crippen molar-refractivity contribution in [3.05, 3.63) is 11.4 Å². The van der Waals surface area contributed by atoms with E-state index in [4.69, 9.17) is 5.11 Å². The summed E-state index contributed by atoms with van der Waals surface area (Å²) in [7, 11) is 0. The van der Waals surface area contributed by atoms with Crippen LogP contribution in [0.2, 0.25) is 0 Å². The van der Waals surface area contributed by atoms with Crippen LogP contribution in [0.25, 0.3) is 0 Å². The van der Waals surface area contributed by atoms with E-state index in [9.17, 15) is 9.59 Å². The molecule has 1 rings (SSSR count). The van der Waals surface area contributed by atoms with Crippen LogP contribution in [-0.2, 0) is 9.59 Å². The van der Waals surface area contributed by atoms with E-state index >= 15 is 0 Å². The van der Waals surface area contributed by atoms with Crippen LogP contribution in [0.3, 0.4) is 0 Å². The van der Waals surface area contributed by atoms with Gasteiger partial charge in [0.05, 0.1) is 30.0 Å². The topological polar surface area (TPSA) is 98.3 Å². The predicted molar refractivity (Wildman–Crippen MR) is 75.7 cm³/mol. The molecule has 0 aliphatic rings. The lowest BCUT2D eigenvalue weighted by Gasteiger charge is -2.25. The molecule has 20 heavy (non-hydrogen) atoms. The van der Waals surface area contributed by atoms with Gasteiger partial charge in [-0.2, -0.15) is 5.10 Å². The summed E-state index contributed by atoms with van der Waals surface area (Å²) in [6.45, 7) is 8.13. The van der Waals surface area contributed by atoms with Crippen molar-refractivity contribution >= 4 is 17.6 Å². The molecular weight excluding hydrogens is 260 g/mol. The van der Waals surface area contributed by atoms with Gasteiger partial charge in [0.1, 0.15) is 0 Å². The van der Waals surface area contributed by atoms with E-state index in [-0.39, 0.29) is 24.9 Å². The fraction of sp³-hybridized carbons (Fsp3) is 0.615. The second-order valence-electron chi connectivity index (χ2n) is 4.87. The summed E-state index contributed by atoms with van der Waals surface area (Å²) in [4.78, 5) is 24.6. The van der Waals surface area contributed by atoms with Gasteiger partial charge in [0.25, 0.3) is 0 Å². The molecule has 1 aromatic rings. The SMILES string of the molecule is CCN(CC(=O)Nc1c(C)n[nH]c1C)C(C)CC(=O)O. The predicted octanol–water partition coefficient (Wildman–Crippen LogP) is 1.15. The molecule has 1 amide bonds. The van der Waals surface area contributed by atoms with Gasteiger partial charge in [-0.15, -0.1) is 0 Å². The third-order valence-corrected chi connectivity index (χ3v) is 3.24. The number of aromatic amines is 1. The van der Waals surface area contributed by atoms with Gasteiger partial charge in [0, 0.05) is 6.04 Å². The Kier molecular flexibility index (Phi) is 5.69. The van der Waals surface area contributed by atoms with Crippen LogP contribution in [0.1, 0.15) is 31.7 Å². The summed E-state index contributed by atoms with van der Waals surface area (Å²) in [5.74, 6) is -1.03. The second kappa shape index (κ2) is 7.04. The zero-order valence-corrected chi connectivity index (χ0v) is 12.4. The largest absolute Gasteiger partial charge is 0.481 e. The van der Waals surface area contributed by atoms with E-state index in [0.717, 1.165) is 11.4 Å². The van der Waals surface area contributed by atoms with Crippen LogP contribution in [0.4, 0.5) is 5.69 Å². The van der Waals surface area contributed by atoms with Crippen molar-refractivity contribution in [1.29, 1.82) is 0 Å². The summed E-state index contributed by atoms with van der Waals surface area (Å²) in [6, 6.07) is -0.185. The van der Waals surface area contributed by atoms with Crippen LogP contribution >= 0.6 is 0 Å². The quantitative estimate of drug-likeness (QED) is 0.697. The number of anilines is 1. The van der Waals surface area contributed by atoms with Gasteiger partial charge in [0.2, 0.25) is 5.91 Å². The smallest absolute Gasteiger partial charge is 0.304 e. The number of amides is 1. The molecule has 1 heterocycles. The lowest BCUT2D eigenvalue weighted by molar-refractivity contribution is -0.138. The summed E-state index contributed by atoms with van der Waals surface area (Å²) in [5.41, 5.74) is 2.23. The molecule has 1 unspecified atom stereocenters. The number of carboxylic acids is 1. The number of aromatic nitrogens is 2. The van der Waals surface area contributed by atoms with Crippen LogP contribution in [-0.4, -0.2) is 51.2 Å². The summed E-state index contributed by atoms with van der Waals surface area (Å²) in [6.07, 6.45) is 0.0187. The van der Waals surface area contributed by atoms with E-state index < -0.39 is 5.97 Å². The highest BCUT2D eigenvalue weighted by molar-refractivity contribution is 5.93. The molecular formula is C13H22N4O3. The van der Waals surface area contributed by atoms with E-state index in [0.29, 0.717) is 12.2 Å². The van der Waals surface area contributed by atoms with Gasteiger partial charge >= 0.3 is 5.97 Å². The first kappa shape index (κ1) is 16.2. The molecule has 0 fully saturated rings. The average Bonchev–Trinajstić information content (AvgIpc) is 2.66. The fourth-order valence-corrected chi connectivity index (χ4v) is 2.06. The van der Waals surface area contributed by atoms with Gasteiger partial charge < -0.3 is 10.4 Å². The van der Waals surface area contributed by atoms with Gasteiger partial charge in [0.15, 0.2) is 0 Å². The second-order valence-corrected chi connectivity index (χ2v) is 4.87. The molecule has 0 spiro atoms. The van der Waals surface area contributed by atoms with Crippen molar-refractivity contribution < 1.29 is 14.7 Å². The highest BCUT2D eigenvalue weighted by Crippen LogP contribution is 2.16. The number of carboxylic acid groups (broad SMARTS) is 1. The van der Waals surface area contributed by atoms with Crippen molar-refractivity contribution in [2.75, 3.05) is 18.4 Å². The van der Waals surface area contributed by atoms with E-state index in [1.54, 1.807) is 6.92 Å². The van der Waals surface area contributed by atoms with Crippen molar-refractivity contribution in [2.24, 2.45) is 0 Å². The number of aliphatic carboxylic acids is 1. The summed E-state index contributed by atoms with van der Waals surface area (Å²) >= 11 is 0. The Morgan fingerprint density at radius 2 is 2.10 bits per heavy atom. The third kappa shape index (κ3) is 4.34. The Morgan fingerprint density at radius 1 is 1.45 bits per heavy atom. The van der Waals surface area contributed by atoms with Crippen molar-refractivity contribution in [3.8, 4) is 0 Å². The zero-order chi connectivity index (χ0) is 15.3. The highest BCUT2D eigenvalue weighted by Gasteiger charge is 2.19. The number of H-pyrrole nitrogens is 1. The third-order valence-electron chi connectivity index (χ3n) is 3.24. The minimum atomic E-state index is -0.863. The molecule has 0 aliphatic carbocycles. The number of rotatable bonds is 7. The van der Waals surface area contributed by atoms with Crippen molar-refractivity contribution in [2.45, 2.75) is 40.2 Å². The highest BCUT2D eigenvalue weighted by atomic mass is 16.4. The lowest BCUT2D eigenvalue weighted by Crippen LogP contribution is -2.40. The maximum absolute atomic E-state index is 12.0. The zero-order valence-electron chi connectivity index (χ0n) is 12.4. The number of hydrogen-bond acceptors (Lipinski definition) is 4. The van der Waals surface area contributed by atoms with Crippen LogP contribution in [0.5, 0.6) is 0 Å². The minimum Gasteiger partial charge on any atom is -0.481 e. The number of carbonyl (C=O) groups excluding carboxylic acids is 1. The normalized spacial score (nSPS) is 12.4. The first-order valence-electron chi connectivity index (χ1n) is 6.62. The Hall–Kier alpha value is -1.89. The maximum atomic E-state index is 12.0. The minimum absolute atomic E-state index is 0.0187. The van der Waals surface area contributed by atoms with E-state index in [1.807, 2.05) is 25.7 Å². The molecule has 0 aromatic carbocycles. The maximum Gasteiger partial charge on any atom is 0.304 e. The molecule has 1 atom stereocenters. The summed E-state index contributed by atoms with van der Waals surface area (Å²) in [5, 5.41) is 18.4. The van der Waals surface area contributed by atoms with Gasteiger partial charge in [-0.25, -0.2) is 0 Å². The van der Waals surface area contributed by atoms with Gasteiger partial charge in [-0.3, -0.25) is 19.6 Å². The number of aryl methyl sites for hydroxylation is 2. The lowest BCUT2D eigenvalue weighted by atomic mass is 10.2. The molecule has 0 radical (unpaired) electrons. The molecule has 0 saturated carbocycles. The number of hydrogen-bond donors (Lipinski definition) is 3. The Morgan fingerprint density at radius 3 is 2.55 bits per heavy atom. The first-order valence-corrected chi connectivity index (χ1v) is 6.62. The van der Waals surface area contributed by atoms with Gasteiger partial charge in [-0.05, 0) is 27.3 Å². The molecule has 7 nitrogen and oxygen atoms in total. The standard InChI is InChI=1S/C13H22N4O3/c1-5-17(8(2)6-12(19)20)7-11(18)14-13-9(3)15-16-10(13)4/h8H,5-7H2,1-4H3,(H,14,18)(H,15,16)(H,19,20). The molecule has 1 aromatic heterocycles. The Balaban J connectivity index is 2.62. The van der Waals surface area contributed by atoms with Crippen LogP contribution in [0, 0.1) is 13.8 Å². The molecule has 0 saturated heterocycles. The van der Waals surface area contributed by atoms with Crippen LogP contribution in [0.15, 0.2) is 0 Å². The Bertz CT molecular complexity index is 464. The van der Waals surface area contributed by atoms with Crippen molar-refractivity contribution in [3.63, 3.8) is 0 Å². The molecule has 112 valence electrons. The number of likely N-dealkylation sites (N-methyl/N-ethyl adjacent to an activating group) is 1. The van der Waals surface area contributed by atoms with E-state index in [2.05, 4.69) is 15.5 Å². The van der Waals surface area contributed by atoms with E-state index in [1.165, 1.54) is 0 Å². The fourth-order valence-electron chi connectivity index (χ4n) is 2.06. The average molecular weight is 282 g/mol. The molecule has 0 aliphatic heterocycles. The number of carbonyl (C=O) groups is 2. The molecule has 0 bridgehead atoms. The summed E-state index contributed by atoms with van der Waals surface area (Å²) < 4.78 is 0. The van der Waals surface area contributed by atoms with Crippen LogP contribution < -0.4 is 5.32 Å².